The van der Waals surface area contributed by atoms with Crippen LogP contribution in [0.5, 0.6) is 0 Å². The maximum Gasteiger partial charge on any atom is 0.265 e. The van der Waals surface area contributed by atoms with Crippen LogP contribution in [0.1, 0.15) is 10.4 Å². The minimum absolute atomic E-state index is 0.312. The molecule has 0 radical (unpaired) electrons. The monoisotopic (exact) mass is 366 g/mol. The predicted octanol–water partition coefficient (Wildman–Crippen LogP) is 4.15. The Balaban J connectivity index is 1.83. The average molecular weight is 366 g/mol. The molecular formula is C23H18N4O. The van der Waals surface area contributed by atoms with E-state index in [1.54, 1.807) is 12.1 Å². The summed E-state index contributed by atoms with van der Waals surface area (Å²) in [5.74, 6) is 5.76. The smallest absolute Gasteiger partial charge is 0.265 e. The van der Waals surface area contributed by atoms with Gasteiger partial charge in [0, 0.05) is 28.9 Å². The van der Waals surface area contributed by atoms with Gasteiger partial charge in [-0.3, -0.25) is 10.2 Å². The molecule has 28 heavy (non-hydrogen) atoms. The number of nitrogens with one attached hydrogen (secondary N) is 1. The number of aryl methyl sites for hydroxylation is 1. The first kappa shape index (κ1) is 16.5. The standard InChI is InChI=1S/C23H18N4O/c1-27-21-19-9-5-3-7-17(19)16-6-2-4-8-18(16)20(21)25-22(27)14-10-12-15(13-11-14)23(28)26-24/h2-13H,24H2,1H3,(H,26,28). The van der Waals surface area contributed by atoms with E-state index < -0.39 is 0 Å². The van der Waals surface area contributed by atoms with E-state index in [0.29, 0.717) is 5.56 Å². The van der Waals surface area contributed by atoms with Crippen LogP contribution in [-0.2, 0) is 7.05 Å². The number of carbonyl (C=O) groups is 1. The van der Waals surface area contributed by atoms with Gasteiger partial charge in [0.15, 0.2) is 0 Å². The number of benzene rings is 4. The number of rotatable bonds is 2. The van der Waals surface area contributed by atoms with Crippen LogP contribution in [0.15, 0.2) is 72.8 Å². The van der Waals surface area contributed by atoms with Crippen molar-refractivity contribution in [2.75, 3.05) is 0 Å². The molecule has 5 rings (SSSR count). The van der Waals surface area contributed by atoms with E-state index in [4.69, 9.17) is 10.8 Å². The van der Waals surface area contributed by atoms with E-state index in [9.17, 15) is 4.79 Å². The van der Waals surface area contributed by atoms with Gasteiger partial charge < -0.3 is 4.57 Å². The molecule has 0 aliphatic carbocycles. The van der Waals surface area contributed by atoms with E-state index >= 15 is 0 Å². The highest BCUT2D eigenvalue weighted by Crippen LogP contribution is 2.36. The molecular weight excluding hydrogens is 348 g/mol. The van der Waals surface area contributed by atoms with E-state index in [2.05, 4.69) is 52.5 Å². The Morgan fingerprint density at radius 1 is 0.857 bits per heavy atom. The van der Waals surface area contributed by atoms with Gasteiger partial charge in [0.25, 0.3) is 5.91 Å². The molecule has 3 N–H and O–H groups in total. The lowest BCUT2D eigenvalue weighted by molar-refractivity contribution is 0.0953. The quantitative estimate of drug-likeness (QED) is 0.213. The van der Waals surface area contributed by atoms with Crippen molar-refractivity contribution in [1.82, 2.24) is 15.0 Å². The van der Waals surface area contributed by atoms with Crippen LogP contribution in [0.4, 0.5) is 0 Å². The number of fused-ring (bicyclic) bond motifs is 6. The Morgan fingerprint density at radius 3 is 2.07 bits per heavy atom. The minimum Gasteiger partial charge on any atom is -0.327 e. The fourth-order valence-electron chi connectivity index (χ4n) is 3.96. The maximum absolute atomic E-state index is 11.7. The molecule has 1 aromatic heterocycles. The molecule has 0 atom stereocenters. The summed E-state index contributed by atoms with van der Waals surface area (Å²) < 4.78 is 2.13. The number of amides is 1. The van der Waals surface area contributed by atoms with Crippen LogP contribution >= 0.6 is 0 Å². The summed E-state index contributed by atoms with van der Waals surface area (Å²) in [7, 11) is 2.03. The molecule has 0 saturated carbocycles. The van der Waals surface area contributed by atoms with Crippen LogP contribution in [0.25, 0.3) is 44.0 Å². The van der Waals surface area contributed by atoms with Gasteiger partial charge in [-0.2, -0.15) is 0 Å². The molecule has 136 valence electrons. The Hall–Kier alpha value is -3.70. The molecule has 5 aromatic rings. The summed E-state index contributed by atoms with van der Waals surface area (Å²) in [5, 5.41) is 4.73. The van der Waals surface area contributed by atoms with Gasteiger partial charge in [-0.05, 0) is 22.9 Å². The van der Waals surface area contributed by atoms with Gasteiger partial charge >= 0.3 is 0 Å². The molecule has 4 aromatic carbocycles. The first-order valence-electron chi connectivity index (χ1n) is 9.06. The first-order valence-corrected chi connectivity index (χ1v) is 9.06. The van der Waals surface area contributed by atoms with Crippen molar-refractivity contribution in [2.24, 2.45) is 12.9 Å². The van der Waals surface area contributed by atoms with Crippen molar-refractivity contribution >= 4 is 38.5 Å². The van der Waals surface area contributed by atoms with Crippen molar-refractivity contribution in [1.29, 1.82) is 0 Å². The van der Waals surface area contributed by atoms with Gasteiger partial charge in [-0.15, -0.1) is 0 Å². The molecule has 0 fully saturated rings. The third kappa shape index (κ3) is 2.30. The minimum atomic E-state index is -0.312. The van der Waals surface area contributed by atoms with Crippen LogP contribution < -0.4 is 11.3 Å². The number of nitrogens with zero attached hydrogens (tertiary/aromatic N) is 2. The van der Waals surface area contributed by atoms with Gasteiger partial charge in [0.1, 0.15) is 5.82 Å². The Labute approximate surface area is 161 Å². The van der Waals surface area contributed by atoms with Crippen LogP contribution in [0, 0.1) is 0 Å². The topological polar surface area (TPSA) is 72.9 Å². The SMILES string of the molecule is Cn1c(-c2ccc(C(=O)NN)cc2)nc2c3ccccc3c3ccccc3c21. The highest BCUT2D eigenvalue weighted by molar-refractivity contribution is 6.23. The second kappa shape index (κ2) is 6.18. The third-order valence-electron chi connectivity index (χ3n) is 5.29. The normalized spacial score (nSPS) is 11.4. The molecule has 1 amide bonds. The predicted molar refractivity (Wildman–Crippen MR) is 113 cm³/mol. The Morgan fingerprint density at radius 2 is 1.43 bits per heavy atom. The molecule has 0 aliphatic rings. The molecule has 5 nitrogen and oxygen atoms in total. The summed E-state index contributed by atoms with van der Waals surface area (Å²) in [4.78, 5) is 16.7. The number of hydrazine groups is 1. The zero-order chi connectivity index (χ0) is 19.3. The zero-order valence-corrected chi connectivity index (χ0v) is 15.3. The lowest BCUT2D eigenvalue weighted by atomic mass is 10.00. The van der Waals surface area contributed by atoms with Crippen LogP contribution in [-0.4, -0.2) is 15.5 Å². The molecule has 5 heteroatoms. The highest BCUT2D eigenvalue weighted by atomic mass is 16.2. The lowest BCUT2D eigenvalue weighted by Gasteiger charge is -2.08. The summed E-state index contributed by atoms with van der Waals surface area (Å²) in [6.07, 6.45) is 0. The molecule has 0 bridgehead atoms. The third-order valence-corrected chi connectivity index (χ3v) is 5.29. The number of hydrogen-bond acceptors (Lipinski definition) is 3. The van der Waals surface area contributed by atoms with Gasteiger partial charge in [0.05, 0.1) is 11.0 Å². The number of nitrogens with two attached hydrogens (primary N) is 1. The molecule has 0 saturated heterocycles. The van der Waals surface area contributed by atoms with Crippen molar-refractivity contribution < 1.29 is 4.79 Å². The lowest BCUT2D eigenvalue weighted by Crippen LogP contribution is -2.29. The summed E-state index contributed by atoms with van der Waals surface area (Å²) in [6.45, 7) is 0. The largest absolute Gasteiger partial charge is 0.327 e. The van der Waals surface area contributed by atoms with E-state index in [1.807, 2.05) is 25.2 Å². The molecule has 0 aliphatic heterocycles. The van der Waals surface area contributed by atoms with Gasteiger partial charge in [0.2, 0.25) is 0 Å². The summed E-state index contributed by atoms with van der Waals surface area (Å²) >= 11 is 0. The van der Waals surface area contributed by atoms with Crippen molar-refractivity contribution in [3.63, 3.8) is 0 Å². The zero-order valence-electron chi connectivity index (χ0n) is 15.3. The Kier molecular flexibility index (Phi) is 3.64. The molecule has 0 spiro atoms. The number of nitrogen functional groups attached to an aromatic ring is 1. The first-order chi connectivity index (χ1) is 13.7. The fraction of sp³-hybridized carbons (Fsp3) is 0.0435. The van der Waals surface area contributed by atoms with E-state index in [-0.39, 0.29) is 5.91 Å². The van der Waals surface area contributed by atoms with Crippen LogP contribution in [0.3, 0.4) is 0 Å². The maximum atomic E-state index is 11.7. The molecule has 0 unspecified atom stereocenters. The average Bonchev–Trinajstić information content (AvgIpc) is 3.11. The van der Waals surface area contributed by atoms with Gasteiger partial charge in [-0.1, -0.05) is 60.7 Å². The van der Waals surface area contributed by atoms with Crippen molar-refractivity contribution in [3.8, 4) is 11.4 Å². The summed E-state index contributed by atoms with van der Waals surface area (Å²) in [6, 6.07) is 24.1. The number of hydrogen-bond donors (Lipinski definition) is 2. The van der Waals surface area contributed by atoms with Crippen molar-refractivity contribution in [3.05, 3.63) is 78.4 Å². The van der Waals surface area contributed by atoms with Crippen molar-refractivity contribution in [2.45, 2.75) is 0 Å². The second-order valence-corrected chi connectivity index (χ2v) is 6.83. The molecule has 1 heterocycles. The number of imidazole rings is 1. The number of aromatic nitrogens is 2. The highest BCUT2D eigenvalue weighted by Gasteiger charge is 2.16. The summed E-state index contributed by atoms with van der Waals surface area (Å²) in [5.41, 5.74) is 5.70. The number of carbonyl (C=O) groups excluding carboxylic acids is 1. The fourth-order valence-corrected chi connectivity index (χ4v) is 3.96. The van der Waals surface area contributed by atoms with E-state index in [0.717, 1.165) is 27.8 Å². The van der Waals surface area contributed by atoms with Gasteiger partial charge in [-0.25, -0.2) is 10.8 Å². The van der Waals surface area contributed by atoms with E-state index in [1.165, 1.54) is 16.2 Å². The Bertz CT molecular complexity index is 1370. The van der Waals surface area contributed by atoms with Crippen LogP contribution in [0.2, 0.25) is 0 Å². The second-order valence-electron chi connectivity index (χ2n) is 6.83.